The maximum atomic E-state index is 4.52. The van der Waals surface area contributed by atoms with Crippen molar-refractivity contribution in [3.05, 3.63) is 41.2 Å². The molecular weight excluding hydrogens is 208 g/mol. The Hall–Kier alpha value is -0.860. The topological polar surface area (TPSA) is 26.1 Å². The second-order valence-corrected chi connectivity index (χ2v) is 5.14. The minimum Gasteiger partial charge on any atom is -0.658 e. The van der Waals surface area contributed by atoms with E-state index in [1.54, 1.807) is 0 Å². The van der Waals surface area contributed by atoms with Crippen LogP contribution in [0.5, 0.6) is 0 Å². The van der Waals surface area contributed by atoms with Crippen LogP contribution in [0.1, 0.15) is 32.4 Å². The first-order valence-electron chi connectivity index (χ1n) is 6.49. The van der Waals surface area contributed by atoms with Gasteiger partial charge in [0.15, 0.2) is 0 Å². The molecule has 2 heteroatoms. The summed E-state index contributed by atoms with van der Waals surface area (Å²) >= 11 is 0. The molecule has 0 aliphatic rings. The molecule has 0 saturated heterocycles. The van der Waals surface area contributed by atoms with E-state index in [-0.39, 0.29) is 0 Å². The van der Waals surface area contributed by atoms with Crippen LogP contribution in [0.2, 0.25) is 0 Å². The Morgan fingerprint density at radius 3 is 2.24 bits per heavy atom. The quantitative estimate of drug-likeness (QED) is 0.765. The number of hydrogen-bond acceptors (Lipinski definition) is 1. The van der Waals surface area contributed by atoms with E-state index in [0.29, 0.717) is 17.9 Å². The van der Waals surface area contributed by atoms with Gasteiger partial charge in [-0.2, -0.15) is 7.05 Å². The predicted molar refractivity (Wildman–Crippen MR) is 75.3 cm³/mol. The zero-order chi connectivity index (χ0) is 12.7. The summed E-state index contributed by atoms with van der Waals surface area (Å²) in [5.74, 6) is 1.23. The fraction of sp³-hybridized carbons (Fsp3) is 0.600. The van der Waals surface area contributed by atoms with E-state index in [2.05, 4.69) is 61.7 Å². The fourth-order valence-corrected chi connectivity index (χ4v) is 2.09. The number of benzene rings is 1. The van der Waals surface area contributed by atoms with Crippen molar-refractivity contribution >= 4 is 0 Å². The molecule has 0 aliphatic carbocycles. The smallest absolute Gasteiger partial charge is 0.00257 e. The largest absolute Gasteiger partial charge is 0.658 e. The van der Waals surface area contributed by atoms with Crippen molar-refractivity contribution in [2.75, 3.05) is 20.1 Å². The molecule has 1 N–H and O–H groups in total. The molecule has 1 aromatic carbocycles. The van der Waals surface area contributed by atoms with Gasteiger partial charge in [0.1, 0.15) is 0 Å². The molecule has 0 fully saturated rings. The number of hydrogen-bond donors (Lipinski definition) is 1. The first kappa shape index (κ1) is 14.2. The van der Waals surface area contributed by atoms with Gasteiger partial charge in [0, 0.05) is 0 Å². The van der Waals surface area contributed by atoms with E-state index in [4.69, 9.17) is 0 Å². The zero-order valence-electron chi connectivity index (χ0n) is 11.5. The Morgan fingerprint density at radius 2 is 1.71 bits per heavy atom. The van der Waals surface area contributed by atoms with Crippen molar-refractivity contribution in [3.63, 3.8) is 0 Å². The highest BCUT2D eigenvalue weighted by Gasteiger charge is 2.09. The van der Waals surface area contributed by atoms with Gasteiger partial charge >= 0.3 is 0 Å². The molecule has 2 atom stereocenters. The lowest BCUT2D eigenvalue weighted by atomic mass is 9.94. The lowest BCUT2D eigenvalue weighted by molar-refractivity contribution is 0.440. The van der Waals surface area contributed by atoms with Crippen molar-refractivity contribution in [2.45, 2.75) is 26.8 Å². The summed E-state index contributed by atoms with van der Waals surface area (Å²) in [6.45, 7) is 8.83. The molecule has 0 spiro atoms. The van der Waals surface area contributed by atoms with Crippen LogP contribution < -0.4 is 5.32 Å². The monoisotopic (exact) mass is 233 g/mol. The number of nitrogens with one attached hydrogen (secondary N) is 1. The van der Waals surface area contributed by atoms with E-state index in [0.717, 1.165) is 13.1 Å². The molecule has 17 heavy (non-hydrogen) atoms. The van der Waals surface area contributed by atoms with Crippen LogP contribution in [0.15, 0.2) is 30.3 Å². The van der Waals surface area contributed by atoms with Crippen molar-refractivity contribution in [2.24, 2.45) is 11.8 Å². The summed E-state index contributed by atoms with van der Waals surface area (Å²) < 4.78 is 0. The first-order valence-corrected chi connectivity index (χ1v) is 6.49. The zero-order valence-corrected chi connectivity index (χ0v) is 11.5. The van der Waals surface area contributed by atoms with Gasteiger partial charge in [0.2, 0.25) is 0 Å². The lowest BCUT2D eigenvalue weighted by Crippen LogP contribution is -2.28. The normalized spacial score (nSPS) is 14.9. The second-order valence-electron chi connectivity index (χ2n) is 5.14. The third-order valence-corrected chi connectivity index (χ3v) is 2.98. The summed E-state index contributed by atoms with van der Waals surface area (Å²) in [7, 11) is 1.91. The van der Waals surface area contributed by atoms with Gasteiger partial charge in [-0.1, -0.05) is 56.7 Å². The van der Waals surface area contributed by atoms with Gasteiger partial charge in [-0.05, 0) is 24.9 Å². The van der Waals surface area contributed by atoms with Crippen LogP contribution in [0.3, 0.4) is 0 Å². The summed E-state index contributed by atoms with van der Waals surface area (Å²) in [5.41, 5.74) is 1.31. The van der Waals surface area contributed by atoms with Crippen molar-refractivity contribution in [3.8, 4) is 0 Å². The Labute approximate surface area is 106 Å². The minimum absolute atomic E-state index is 0.302. The Morgan fingerprint density at radius 1 is 1.06 bits per heavy atom. The maximum Gasteiger partial charge on any atom is -0.00257 e. The van der Waals surface area contributed by atoms with E-state index in [1.807, 2.05) is 7.05 Å². The van der Waals surface area contributed by atoms with Gasteiger partial charge in [-0.25, -0.2) is 0 Å². The maximum absolute atomic E-state index is 4.52. The Kier molecular flexibility index (Phi) is 6.23. The second kappa shape index (κ2) is 7.46. The molecule has 0 bridgehead atoms. The van der Waals surface area contributed by atoms with Crippen LogP contribution in [0.4, 0.5) is 0 Å². The predicted octanol–water partition coefficient (Wildman–Crippen LogP) is 3.61. The molecule has 1 aromatic rings. The number of rotatable bonds is 7. The summed E-state index contributed by atoms with van der Waals surface area (Å²) in [5, 5.41) is 8.03. The van der Waals surface area contributed by atoms with E-state index >= 15 is 0 Å². The average Bonchev–Trinajstić information content (AvgIpc) is 2.31. The van der Waals surface area contributed by atoms with Crippen molar-refractivity contribution < 1.29 is 0 Å². The molecule has 0 unspecified atom stereocenters. The van der Waals surface area contributed by atoms with E-state index < -0.39 is 0 Å². The van der Waals surface area contributed by atoms with Gasteiger partial charge in [-0.15, -0.1) is 6.04 Å². The molecule has 0 amide bonds. The van der Waals surface area contributed by atoms with Gasteiger partial charge in [-0.3, -0.25) is 0 Å². The molecule has 0 heterocycles. The van der Waals surface area contributed by atoms with Gasteiger partial charge in [0.05, 0.1) is 0 Å². The summed E-state index contributed by atoms with van der Waals surface area (Å²) in [6, 6.07) is 10.9. The summed E-state index contributed by atoms with van der Waals surface area (Å²) in [4.78, 5) is 0. The molecule has 96 valence electrons. The standard InChI is InChI=1S/C15H25N2/c1-12(2)10-17-11-13(3)15(16-4)14-8-6-5-7-9-14/h5-9,12-13,15,17H,10-11H2,1-4H3/q-1/t13-,15+/m0/s1. The lowest BCUT2D eigenvalue weighted by Gasteiger charge is -2.35. The molecule has 0 aromatic heterocycles. The van der Waals surface area contributed by atoms with Crippen molar-refractivity contribution in [1.29, 1.82) is 0 Å². The minimum atomic E-state index is 0.302. The third kappa shape index (κ3) is 4.88. The van der Waals surface area contributed by atoms with E-state index in [9.17, 15) is 0 Å². The first-order chi connectivity index (χ1) is 8.15. The molecule has 0 radical (unpaired) electrons. The number of nitrogens with zero attached hydrogens (tertiary/aromatic N) is 1. The molecule has 2 nitrogen and oxygen atoms in total. The summed E-state index contributed by atoms with van der Waals surface area (Å²) in [6.07, 6.45) is 0. The van der Waals surface area contributed by atoms with Gasteiger partial charge < -0.3 is 10.6 Å². The average molecular weight is 233 g/mol. The van der Waals surface area contributed by atoms with Crippen LogP contribution >= 0.6 is 0 Å². The SMILES string of the molecule is C[N-][C@@H](c1ccccc1)[C@@H](C)CNCC(C)C. The van der Waals surface area contributed by atoms with Gasteiger partial charge in [0.25, 0.3) is 0 Å². The molecule has 0 saturated carbocycles. The third-order valence-electron chi connectivity index (χ3n) is 2.98. The van der Waals surface area contributed by atoms with Crippen LogP contribution in [-0.4, -0.2) is 20.1 Å². The Balaban J connectivity index is 2.50. The fourth-order valence-electron chi connectivity index (χ4n) is 2.09. The van der Waals surface area contributed by atoms with Crippen LogP contribution in [0.25, 0.3) is 5.32 Å². The van der Waals surface area contributed by atoms with Crippen LogP contribution in [-0.2, 0) is 0 Å². The molecular formula is C15H25N2-. The van der Waals surface area contributed by atoms with E-state index in [1.165, 1.54) is 5.56 Å². The molecule has 1 rings (SSSR count). The van der Waals surface area contributed by atoms with Crippen LogP contribution in [0, 0.1) is 11.8 Å². The van der Waals surface area contributed by atoms with Crippen molar-refractivity contribution in [1.82, 2.24) is 5.32 Å². The molecule has 0 aliphatic heterocycles. The highest BCUT2D eigenvalue weighted by molar-refractivity contribution is 5.23. The Bertz CT molecular complexity index is 295. The highest BCUT2D eigenvalue weighted by atomic mass is 14.9. The highest BCUT2D eigenvalue weighted by Crippen LogP contribution is 2.28.